The second-order valence-electron chi connectivity index (χ2n) is 6.34. The van der Waals surface area contributed by atoms with Gasteiger partial charge in [0, 0.05) is 24.9 Å². The first-order chi connectivity index (χ1) is 10.9. The molecule has 2 heterocycles. The van der Waals surface area contributed by atoms with Crippen molar-refractivity contribution in [2.24, 2.45) is 5.92 Å². The predicted octanol–water partition coefficient (Wildman–Crippen LogP) is 2.39. The van der Waals surface area contributed by atoms with Crippen molar-refractivity contribution in [1.29, 1.82) is 0 Å². The summed E-state index contributed by atoms with van der Waals surface area (Å²) in [6, 6.07) is 0. The Bertz CT molecular complexity index is 608. The first-order valence-electron chi connectivity index (χ1n) is 7.86. The third-order valence-corrected chi connectivity index (χ3v) is 4.54. The molecule has 2 N–H and O–H groups in total. The quantitative estimate of drug-likeness (QED) is 0.802. The van der Waals surface area contributed by atoms with Crippen molar-refractivity contribution in [2.75, 3.05) is 11.9 Å². The van der Waals surface area contributed by atoms with E-state index in [-0.39, 0.29) is 23.3 Å². The maximum atomic E-state index is 10.6. The average molecular weight is 340 g/mol. The number of nitrogens with zero attached hydrogens (tertiary/aromatic N) is 2. The zero-order valence-electron chi connectivity index (χ0n) is 13.5. The largest absolute Gasteiger partial charge is 0.391 e. The molecule has 3 rings (SSSR count). The molecule has 2 aliphatic rings. The normalized spacial score (nSPS) is 30.0. The maximum Gasteiger partial charge on any atom is 0.171 e. The number of hydrogen-bond donors (Lipinski definition) is 2. The summed E-state index contributed by atoms with van der Waals surface area (Å²) < 4.78 is 12.0. The number of halogens is 1. The van der Waals surface area contributed by atoms with E-state index in [9.17, 15) is 5.11 Å². The van der Waals surface area contributed by atoms with E-state index in [1.54, 1.807) is 6.20 Å². The van der Waals surface area contributed by atoms with Crippen LogP contribution in [0.15, 0.2) is 24.0 Å². The molecule has 1 aliphatic carbocycles. The fourth-order valence-electron chi connectivity index (χ4n) is 3.22. The van der Waals surface area contributed by atoms with Gasteiger partial charge in [0.1, 0.15) is 6.10 Å². The smallest absolute Gasteiger partial charge is 0.171 e. The SMILES string of the molecule is CCC1=C[C@@H](C(O)CNc2nccnc2Cl)[C@@H]2OC(C)(C)O[C@H]12. The highest BCUT2D eigenvalue weighted by Crippen LogP contribution is 2.43. The Balaban J connectivity index is 1.68. The lowest BCUT2D eigenvalue weighted by Crippen LogP contribution is -2.37. The summed E-state index contributed by atoms with van der Waals surface area (Å²) in [5, 5.41) is 13.9. The van der Waals surface area contributed by atoms with Crippen LogP contribution in [-0.4, -0.2) is 45.7 Å². The number of nitrogens with one attached hydrogen (secondary N) is 1. The highest BCUT2D eigenvalue weighted by molar-refractivity contribution is 6.31. The number of ether oxygens (including phenoxy) is 2. The van der Waals surface area contributed by atoms with E-state index in [0.29, 0.717) is 12.4 Å². The first kappa shape index (κ1) is 16.6. The van der Waals surface area contributed by atoms with E-state index in [1.807, 2.05) is 13.8 Å². The molecule has 1 saturated heterocycles. The Morgan fingerprint density at radius 1 is 1.35 bits per heavy atom. The molecular weight excluding hydrogens is 318 g/mol. The van der Waals surface area contributed by atoms with Crippen LogP contribution in [-0.2, 0) is 9.47 Å². The maximum absolute atomic E-state index is 10.6. The summed E-state index contributed by atoms with van der Waals surface area (Å²) in [6.45, 7) is 6.20. The van der Waals surface area contributed by atoms with E-state index >= 15 is 0 Å². The summed E-state index contributed by atoms with van der Waals surface area (Å²) in [4.78, 5) is 8.06. The van der Waals surface area contributed by atoms with Crippen molar-refractivity contribution in [3.05, 3.63) is 29.2 Å². The Morgan fingerprint density at radius 3 is 2.78 bits per heavy atom. The highest BCUT2D eigenvalue weighted by Gasteiger charge is 2.51. The van der Waals surface area contributed by atoms with Gasteiger partial charge in [0.05, 0.1) is 12.2 Å². The van der Waals surface area contributed by atoms with Crippen molar-refractivity contribution in [3.63, 3.8) is 0 Å². The summed E-state index contributed by atoms with van der Waals surface area (Å²) >= 11 is 5.97. The molecule has 0 aromatic carbocycles. The number of aromatic nitrogens is 2. The predicted molar refractivity (Wildman–Crippen MR) is 87.2 cm³/mol. The number of fused-ring (bicyclic) bond motifs is 1. The zero-order chi connectivity index (χ0) is 16.6. The van der Waals surface area contributed by atoms with Gasteiger partial charge >= 0.3 is 0 Å². The molecule has 0 amide bonds. The van der Waals surface area contributed by atoms with Gasteiger partial charge in [-0.1, -0.05) is 24.6 Å². The van der Waals surface area contributed by atoms with Crippen LogP contribution in [0.5, 0.6) is 0 Å². The molecule has 1 unspecified atom stereocenters. The van der Waals surface area contributed by atoms with Crippen LogP contribution in [0.1, 0.15) is 27.2 Å². The van der Waals surface area contributed by atoms with Gasteiger partial charge in [0.2, 0.25) is 0 Å². The fourth-order valence-corrected chi connectivity index (χ4v) is 3.39. The Morgan fingerprint density at radius 2 is 2.09 bits per heavy atom. The van der Waals surface area contributed by atoms with Gasteiger partial charge in [-0.3, -0.25) is 0 Å². The Hall–Kier alpha value is -1.21. The number of aliphatic hydroxyl groups excluding tert-OH is 1. The average Bonchev–Trinajstić information content (AvgIpc) is 2.99. The van der Waals surface area contributed by atoms with Gasteiger partial charge < -0.3 is 19.9 Å². The molecule has 1 aromatic heterocycles. The number of aliphatic hydroxyl groups is 1. The number of hydrogen-bond acceptors (Lipinski definition) is 6. The van der Waals surface area contributed by atoms with E-state index in [1.165, 1.54) is 11.8 Å². The minimum Gasteiger partial charge on any atom is -0.391 e. The van der Waals surface area contributed by atoms with E-state index in [0.717, 1.165) is 6.42 Å². The standard InChI is InChI=1S/C16H22ClN3O3/c1-4-9-7-10(13-12(9)22-16(2,3)23-13)11(21)8-20-15-14(17)18-5-6-19-15/h5-7,10-13,21H,4,8H2,1-3H3,(H,19,20)/t10-,11?,12+,13-/m0/s1. The van der Waals surface area contributed by atoms with Crippen molar-refractivity contribution in [2.45, 2.75) is 51.3 Å². The molecule has 1 aliphatic heterocycles. The molecule has 0 saturated carbocycles. The number of anilines is 1. The van der Waals surface area contributed by atoms with Crippen LogP contribution in [0.4, 0.5) is 5.82 Å². The molecule has 6 nitrogen and oxygen atoms in total. The summed E-state index contributed by atoms with van der Waals surface area (Å²) in [5.74, 6) is -0.282. The Labute approximate surface area is 140 Å². The fraction of sp³-hybridized carbons (Fsp3) is 0.625. The first-order valence-corrected chi connectivity index (χ1v) is 8.23. The van der Waals surface area contributed by atoms with Gasteiger partial charge in [-0.2, -0.15) is 0 Å². The van der Waals surface area contributed by atoms with Crippen molar-refractivity contribution in [3.8, 4) is 0 Å². The van der Waals surface area contributed by atoms with Gasteiger partial charge in [0.25, 0.3) is 0 Å². The molecule has 0 bridgehead atoms. The van der Waals surface area contributed by atoms with Crippen LogP contribution in [0.3, 0.4) is 0 Å². The van der Waals surface area contributed by atoms with Crippen molar-refractivity contribution >= 4 is 17.4 Å². The lowest BCUT2D eigenvalue weighted by Gasteiger charge is -2.24. The number of rotatable bonds is 5. The topological polar surface area (TPSA) is 76.5 Å². The summed E-state index contributed by atoms with van der Waals surface area (Å²) in [6.07, 6.45) is 5.17. The van der Waals surface area contributed by atoms with E-state index in [2.05, 4.69) is 28.3 Å². The monoisotopic (exact) mass is 339 g/mol. The molecular formula is C16H22ClN3O3. The second kappa shape index (κ2) is 6.36. The highest BCUT2D eigenvalue weighted by atomic mass is 35.5. The van der Waals surface area contributed by atoms with Crippen LogP contribution >= 0.6 is 11.6 Å². The molecule has 0 spiro atoms. The third-order valence-electron chi connectivity index (χ3n) is 4.27. The van der Waals surface area contributed by atoms with Crippen LogP contribution in [0.25, 0.3) is 0 Å². The van der Waals surface area contributed by atoms with Gasteiger partial charge in [-0.15, -0.1) is 0 Å². The molecule has 7 heteroatoms. The third kappa shape index (κ3) is 3.35. The van der Waals surface area contributed by atoms with Crippen LogP contribution in [0.2, 0.25) is 5.15 Å². The second-order valence-corrected chi connectivity index (χ2v) is 6.70. The summed E-state index contributed by atoms with van der Waals surface area (Å²) in [7, 11) is 0. The van der Waals surface area contributed by atoms with Gasteiger partial charge in [0.15, 0.2) is 16.8 Å². The lowest BCUT2D eigenvalue weighted by atomic mass is 9.98. The molecule has 1 aromatic rings. The van der Waals surface area contributed by atoms with Crippen LogP contribution < -0.4 is 5.32 Å². The van der Waals surface area contributed by atoms with E-state index in [4.69, 9.17) is 21.1 Å². The minimum absolute atomic E-state index is 0.0743. The summed E-state index contributed by atoms with van der Waals surface area (Å²) in [5.41, 5.74) is 1.18. The zero-order valence-corrected chi connectivity index (χ0v) is 14.2. The van der Waals surface area contributed by atoms with Crippen molar-refractivity contribution < 1.29 is 14.6 Å². The molecule has 23 heavy (non-hydrogen) atoms. The minimum atomic E-state index is -0.637. The Kier molecular flexibility index (Phi) is 4.60. The van der Waals surface area contributed by atoms with Gasteiger partial charge in [-0.25, -0.2) is 9.97 Å². The van der Waals surface area contributed by atoms with E-state index < -0.39 is 11.9 Å². The van der Waals surface area contributed by atoms with Crippen molar-refractivity contribution in [1.82, 2.24) is 9.97 Å². The van der Waals surface area contributed by atoms with Crippen LogP contribution in [0, 0.1) is 5.92 Å². The lowest BCUT2D eigenvalue weighted by molar-refractivity contribution is -0.151. The molecule has 1 fully saturated rings. The van der Waals surface area contributed by atoms with Gasteiger partial charge in [-0.05, 0) is 25.8 Å². The molecule has 4 atom stereocenters. The molecule has 126 valence electrons. The molecule has 0 radical (unpaired) electrons.